The maximum absolute atomic E-state index is 13.7. The second-order valence-corrected chi connectivity index (χ2v) is 3.33. The molecular formula is C12H3F5N2. The molecule has 0 N–H and O–H groups in total. The first-order valence-electron chi connectivity index (χ1n) is 4.64. The van der Waals surface area contributed by atoms with Gasteiger partial charge in [-0.1, -0.05) is 0 Å². The van der Waals surface area contributed by atoms with Crippen molar-refractivity contribution in [3.8, 4) is 24.5 Å². The van der Waals surface area contributed by atoms with Crippen LogP contribution in [0.4, 0.5) is 22.0 Å². The Balaban J connectivity index is 3.94. The lowest BCUT2D eigenvalue weighted by molar-refractivity contribution is -0.140. The van der Waals surface area contributed by atoms with Crippen LogP contribution in [-0.2, 0) is 12.6 Å². The van der Waals surface area contributed by atoms with Gasteiger partial charge in [-0.25, -0.2) is 8.78 Å². The fourth-order valence-corrected chi connectivity index (χ4v) is 1.51. The van der Waals surface area contributed by atoms with Crippen molar-refractivity contribution in [1.82, 2.24) is 0 Å². The fraction of sp³-hybridized carbons (Fsp3) is 0.167. The molecule has 0 aromatic heterocycles. The van der Waals surface area contributed by atoms with Crippen molar-refractivity contribution in [1.29, 1.82) is 10.5 Å². The number of nitriles is 2. The highest BCUT2D eigenvalue weighted by molar-refractivity contribution is 5.54. The highest BCUT2D eigenvalue weighted by Crippen LogP contribution is 2.38. The number of halogens is 5. The average Bonchev–Trinajstić information content (AvgIpc) is 2.31. The number of hydrogen-bond donors (Lipinski definition) is 0. The topological polar surface area (TPSA) is 47.6 Å². The fourth-order valence-electron chi connectivity index (χ4n) is 1.51. The van der Waals surface area contributed by atoms with Gasteiger partial charge in [0.05, 0.1) is 5.56 Å². The van der Waals surface area contributed by atoms with Crippen molar-refractivity contribution in [3.05, 3.63) is 33.9 Å². The molecule has 0 aliphatic rings. The average molecular weight is 270 g/mol. The molecule has 0 amide bonds. The first-order chi connectivity index (χ1) is 8.79. The summed E-state index contributed by atoms with van der Waals surface area (Å²) >= 11 is 0. The van der Waals surface area contributed by atoms with E-state index in [1.54, 1.807) is 5.92 Å². The van der Waals surface area contributed by atoms with E-state index in [9.17, 15) is 22.0 Å². The minimum Gasteiger partial charge on any atom is -0.205 e. The molecule has 1 rings (SSSR count). The molecule has 0 saturated heterocycles. The number of benzene rings is 1. The van der Waals surface area contributed by atoms with E-state index in [1.165, 1.54) is 0 Å². The van der Waals surface area contributed by atoms with E-state index < -0.39 is 46.5 Å². The van der Waals surface area contributed by atoms with Crippen molar-refractivity contribution in [2.75, 3.05) is 0 Å². The Morgan fingerprint density at radius 2 is 1.47 bits per heavy atom. The van der Waals surface area contributed by atoms with Gasteiger partial charge in [0.2, 0.25) is 0 Å². The minimum atomic E-state index is -5.23. The largest absolute Gasteiger partial charge is 0.419 e. The van der Waals surface area contributed by atoms with Crippen LogP contribution >= 0.6 is 0 Å². The molecule has 0 aliphatic heterocycles. The van der Waals surface area contributed by atoms with Crippen LogP contribution in [0, 0.1) is 46.6 Å². The summed E-state index contributed by atoms with van der Waals surface area (Å²) in [5.74, 6) is -1.85. The molecule has 0 saturated carbocycles. The predicted molar refractivity (Wildman–Crippen MR) is 53.3 cm³/mol. The lowest BCUT2D eigenvalue weighted by Crippen LogP contribution is -2.17. The first-order valence-corrected chi connectivity index (χ1v) is 4.64. The van der Waals surface area contributed by atoms with Gasteiger partial charge in [0, 0.05) is 12.0 Å². The zero-order chi connectivity index (χ0) is 14.8. The highest BCUT2D eigenvalue weighted by atomic mass is 19.4. The van der Waals surface area contributed by atoms with Crippen molar-refractivity contribution in [2.45, 2.75) is 12.6 Å². The lowest BCUT2D eigenvalue weighted by Gasteiger charge is -2.15. The molecule has 0 radical (unpaired) electrons. The number of terminal acetylenes is 1. The van der Waals surface area contributed by atoms with Crippen molar-refractivity contribution < 1.29 is 22.0 Å². The molecule has 1 aromatic carbocycles. The van der Waals surface area contributed by atoms with Gasteiger partial charge in [0.25, 0.3) is 0 Å². The summed E-state index contributed by atoms with van der Waals surface area (Å²) < 4.78 is 65.5. The first kappa shape index (κ1) is 14.5. The summed E-state index contributed by atoms with van der Waals surface area (Å²) in [5.41, 5.74) is -5.46. The van der Waals surface area contributed by atoms with Crippen molar-refractivity contribution in [3.63, 3.8) is 0 Å². The van der Waals surface area contributed by atoms with Crippen molar-refractivity contribution in [2.24, 2.45) is 0 Å². The third-order valence-corrected chi connectivity index (χ3v) is 2.26. The molecule has 0 spiro atoms. The third kappa shape index (κ3) is 2.34. The van der Waals surface area contributed by atoms with Gasteiger partial charge >= 0.3 is 6.18 Å². The van der Waals surface area contributed by atoms with Crippen LogP contribution in [0.25, 0.3) is 0 Å². The molecule has 1 aromatic rings. The summed E-state index contributed by atoms with van der Waals surface area (Å²) in [5, 5.41) is 17.2. The number of alkyl halides is 3. The van der Waals surface area contributed by atoms with Gasteiger partial charge in [0.15, 0.2) is 5.82 Å². The van der Waals surface area contributed by atoms with Crippen LogP contribution in [0.15, 0.2) is 0 Å². The van der Waals surface area contributed by atoms with Crippen LogP contribution in [0.2, 0.25) is 0 Å². The Bertz CT molecular complexity index is 653. The van der Waals surface area contributed by atoms with Crippen LogP contribution < -0.4 is 0 Å². The molecule has 0 atom stereocenters. The van der Waals surface area contributed by atoms with E-state index in [2.05, 4.69) is 0 Å². The predicted octanol–water partition coefficient (Wildman–Crippen LogP) is 2.90. The zero-order valence-electron chi connectivity index (χ0n) is 9.07. The normalized spacial score (nSPS) is 10.4. The molecule has 7 heteroatoms. The summed E-state index contributed by atoms with van der Waals surface area (Å²) in [6.07, 6.45) is -1.28. The van der Waals surface area contributed by atoms with E-state index >= 15 is 0 Å². The van der Waals surface area contributed by atoms with Crippen LogP contribution in [0.1, 0.15) is 22.3 Å². The Kier molecular flexibility index (Phi) is 3.77. The van der Waals surface area contributed by atoms with E-state index in [0.717, 1.165) is 12.1 Å². The Hall–Kier alpha value is -2.59. The summed E-state index contributed by atoms with van der Waals surface area (Å²) in [6.45, 7) is 0. The molecule has 19 heavy (non-hydrogen) atoms. The molecule has 2 nitrogen and oxygen atoms in total. The Labute approximate surface area is 104 Å². The third-order valence-electron chi connectivity index (χ3n) is 2.26. The second-order valence-electron chi connectivity index (χ2n) is 3.33. The van der Waals surface area contributed by atoms with Gasteiger partial charge in [-0.05, 0) is 0 Å². The second kappa shape index (κ2) is 4.96. The van der Waals surface area contributed by atoms with Crippen LogP contribution in [-0.4, -0.2) is 0 Å². The number of hydrogen-bond acceptors (Lipinski definition) is 2. The maximum Gasteiger partial charge on any atom is 0.419 e. The molecule has 0 fully saturated rings. The Morgan fingerprint density at radius 3 is 1.84 bits per heavy atom. The van der Waals surface area contributed by atoms with E-state index in [1.807, 2.05) is 0 Å². The monoisotopic (exact) mass is 270 g/mol. The van der Waals surface area contributed by atoms with Gasteiger partial charge in [-0.15, -0.1) is 12.3 Å². The number of rotatable bonds is 1. The van der Waals surface area contributed by atoms with E-state index in [4.69, 9.17) is 16.9 Å². The quantitative estimate of drug-likeness (QED) is 0.582. The lowest BCUT2D eigenvalue weighted by atomic mass is 9.95. The summed E-state index contributed by atoms with van der Waals surface area (Å²) in [6, 6.07) is 2.21. The molecule has 0 heterocycles. The summed E-state index contributed by atoms with van der Waals surface area (Å²) in [4.78, 5) is 0. The van der Waals surface area contributed by atoms with Gasteiger partial charge in [0.1, 0.15) is 29.1 Å². The smallest absolute Gasteiger partial charge is 0.205 e. The zero-order valence-corrected chi connectivity index (χ0v) is 9.07. The van der Waals surface area contributed by atoms with E-state index in [-0.39, 0.29) is 0 Å². The van der Waals surface area contributed by atoms with Gasteiger partial charge in [-0.3, -0.25) is 0 Å². The summed E-state index contributed by atoms with van der Waals surface area (Å²) in [7, 11) is 0. The van der Waals surface area contributed by atoms with Crippen molar-refractivity contribution >= 4 is 0 Å². The molecule has 96 valence electrons. The SMILES string of the molecule is C#CCc1c(F)c(C#N)c(C#N)c(F)c1C(F)(F)F. The minimum absolute atomic E-state index is 0.849. The Morgan fingerprint density at radius 1 is 1.00 bits per heavy atom. The maximum atomic E-state index is 13.7. The number of nitrogens with zero attached hydrogens (tertiary/aromatic N) is 2. The van der Waals surface area contributed by atoms with Crippen LogP contribution in [0.3, 0.4) is 0 Å². The molecule has 0 unspecified atom stereocenters. The van der Waals surface area contributed by atoms with Gasteiger partial charge < -0.3 is 0 Å². The molecular weight excluding hydrogens is 267 g/mol. The van der Waals surface area contributed by atoms with Crippen LogP contribution in [0.5, 0.6) is 0 Å². The van der Waals surface area contributed by atoms with E-state index in [0.29, 0.717) is 0 Å². The van der Waals surface area contributed by atoms with Gasteiger partial charge in [-0.2, -0.15) is 23.7 Å². The highest BCUT2D eigenvalue weighted by Gasteiger charge is 2.41. The molecule has 0 aliphatic carbocycles. The standard InChI is InChI=1S/C12H3F5N2/c1-2-3-6-9(12(15,16)17)11(14)8(5-19)7(4-18)10(6)13/h1H,3H2. The molecule has 0 bridgehead atoms.